The molecule has 0 bridgehead atoms. The molecule has 1 saturated heterocycles. The van der Waals surface area contributed by atoms with E-state index in [1.165, 1.54) is 15.4 Å². The predicted molar refractivity (Wildman–Crippen MR) is 116 cm³/mol. The minimum atomic E-state index is -3.53. The first-order valence-electron chi connectivity index (χ1n) is 9.76. The van der Waals surface area contributed by atoms with Crippen LogP contribution in [0.15, 0.2) is 52.5 Å². The number of nitrogens with zero attached hydrogens (tertiary/aromatic N) is 3. The highest BCUT2D eigenvalue weighted by Gasteiger charge is 2.27. The van der Waals surface area contributed by atoms with E-state index < -0.39 is 10.0 Å². The van der Waals surface area contributed by atoms with Gasteiger partial charge in [0.15, 0.2) is 5.16 Å². The molecule has 0 atom stereocenters. The fraction of sp³-hybridized carbons (Fsp3) is 0.381. The number of benzene rings is 2. The first-order chi connectivity index (χ1) is 14.0. The van der Waals surface area contributed by atoms with Crippen molar-refractivity contribution in [3.8, 4) is 0 Å². The van der Waals surface area contributed by atoms with E-state index in [0.717, 1.165) is 23.0 Å². The molecule has 29 heavy (non-hydrogen) atoms. The normalized spacial score (nSPS) is 15.8. The third kappa shape index (κ3) is 4.07. The summed E-state index contributed by atoms with van der Waals surface area (Å²) in [4.78, 5) is 5.06. The van der Waals surface area contributed by atoms with Gasteiger partial charge in [-0.05, 0) is 43.2 Å². The van der Waals surface area contributed by atoms with Crippen LogP contribution in [-0.4, -0.2) is 48.6 Å². The number of morpholine rings is 1. The Kier molecular flexibility index (Phi) is 5.96. The van der Waals surface area contributed by atoms with Crippen LogP contribution in [0.25, 0.3) is 11.0 Å². The quantitative estimate of drug-likeness (QED) is 0.557. The number of aromatic nitrogens is 2. The molecule has 154 valence electrons. The maximum Gasteiger partial charge on any atom is 0.243 e. The summed E-state index contributed by atoms with van der Waals surface area (Å²) in [5, 5.41) is 0.909. The van der Waals surface area contributed by atoms with Crippen molar-refractivity contribution < 1.29 is 13.2 Å². The van der Waals surface area contributed by atoms with Gasteiger partial charge in [0.05, 0.1) is 29.1 Å². The van der Waals surface area contributed by atoms with E-state index in [1.54, 1.807) is 23.9 Å². The van der Waals surface area contributed by atoms with E-state index >= 15 is 0 Å². The smallest absolute Gasteiger partial charge is 0.243 e. The molecule has 0 N–H and O–H groups in total. The standard InChI is InChI=1S/C21H25N3O3S2/c1-3-24-20-9-8-18(29(25,26)23-10-12-27-13-11-23)14-19(20)22-21(24)28-15-17-7-5-4-6-16(17)2/h4-9,14H,3,10-13,15H2,1-2H3. The van der Waals surface area contributed by atoms with Crippen molar-refractivity contribution in [3.63, 3.8) is 0 Å². The van der Waals surface area contributed by atoms with Gasteiger partial charge in [-0.1, -0.05) is 36.0 Å². The topological polar surface area (TPSA) is 64.4 Å². The zero-order valence-electron chi connectivity index (χ0n) is 16.7. The SMILES string of the molecule is CCn1c(SCc2ccccc2C)nc2cc(S(=O)(=O)N3CCOCC3)ccc21. The Bertz CT molecular complexity index is 1120. The van der Waals surface area contributed by atoms with Gasteiger partial charge in [-0.2, -0.15) is 4.31 Å². The number of ether oxygens (including phenoxy) is 1. The van der Waals surface area contributed by atoms with Gasteiger partial charge in [0, 0.05) is 25.4 Å². The molecule has 6 nitrogen and oxygen atoms in total. The van der Waals surface area contributed by atoms with E-state index in [9.17, 15) is 8.42 Å². The van der Waals surface area contributed by atoms with Gasteiger partial charge in [-0.15, -0.1) is 0 Å². The van der Waals surface area contributed by atoms with Crippen LogP contribution in [-0.2, 0) is 27.1 Å². The first kappa shape index (κ1) is 20.4. The Morgan fingerprint density at radius 3 is 2.62 bits per heavy atom. The van der Waals surface area contributed by atoms with E-state index in [2.05, 4.69) is 36.6 Å². The third-order valence-corrected chi connectivity index (χ3v) is 8.15. The van der Waals surface area contributed by atoms with Crippen LogP contribution in [0, 0.1) is 6.92 Å². The second-order valence-electron chi connectivity index (χ2n) is 7.02. The third-order valence-electron chi connectivity index (χ3n) is 5.23. The molecule has 0 saturated carbocycles. The monoisotopic (exact) mass is 431 g/mol. The molecule has 0 amide bonds. The highest BCUT2D eigenvalue weighted by Crippen LogP contribution is 2.29. The number of hydrogen-bond acceptors (Lipinski definition) is 5. The molecule has 0 radical (unpaired) electrons. The lowest BCUT2D eigenvalue weighted by molar-refractivity contribution is 0.0730. The highest BCUT2D eigenvalue weighted by atomic mass is 32.2. The van der Waals surface area contributed by atoms with Gasteiger partial charge in [0.2, 0.25) is 10.0 Å². The molecule has 4 rings (SSSR count). The molecule has 2 heterocycles. The molecule has 3 aromatic rings. The van der Waals surface area contributed by atoms with Crippen LogP contribution >= 0.6 is 11.8 Å². The number of fused-ring (bicyclic) bond motifs is 1. The molecule has 2 aromatic carbocycles. The number of imidazole rings is 1. The number of hydrogen-bond donors (Lipinski definition) is 0. The summed E-state index contributed by atoms with van der Waals surface area (Å²) in [6.45, 7) is 6.63. The number of sulfonamides is 1. The average molecular weight is 432 g/mol. The van der Waals surface area contributed by atoms with Crippen molar-refractivity contribution >= 4 is 32.8 Å². The van der Waals surface area contributed by atoms with E-state index in [-0.39, 0.29) is 0 Å². The summed E-state index contributed by atoms with van der Waals surface area (Å²) in [5.74, 6) is 0.828. The van der Waals surface area contributed by atoms with Gasteiger partial charge in [0.25, 0.3) is 0 Å². The van der Waals surface area contributed by atoms with Crippen molar-refractivity contribution in [2.24, 2.45) is 0 Å². The van der Waals surface area contributed by atoms with Gasteiger partial charge >= 0.3 is 0 Å². The summed E-state index contributed by atoms with van der Waals surface area (Å²) < 4.78 is 34.9. The van der Waals surface area contributed by atoms with Crippen molar-refractivity contribution in [1.29, 1.82) is 0 Å². The van der Waals surface area contributed by atoms with Crippen LogP contribution < -0.4 is 0 Å². The van der Waals surface area contributed by atoms with Gasteiger partial charge in [-0.3, -0.25) is 0 Å². The predicted octanol–water partition coefficient (Wildman–Crippen LogP) is 3.68. The van der Waals surface area contributed by atoms with Crippen LogP contribution in [0.3, 0.4) is 0 Å². The molecule has 1 aromatic heterocycles. The second-order valence-corrected chi connectivity index (χ2v) is 9.90. The van der Waals surface area contributed by atoms with E-state index in [0.29, 0.717) is 36.7 Å². The van der Waals surface area contributed by atoms with Crippen LogP contribution in [0.5, 0.6) is 0 Å². The van der Waals surface area contributed by atoms with E-state index in [4.69, 9.17) is 9.72 Å². The average Bonchev–Trinajstić information content (AvgIpc) is 3.10. The molecular formula is C21H25N3O3S2. The molecule has 1 aliphatic heterocycles. The maximum absolute atomic E-state index is 13.0. The van der Waals surface area contributed by atoms with Gasteiger partial charge in [-0.25, -0.2) is 13.4 Å². The van der Waals surface area contributed by atoms with Crippen molar-refractivity contribution in [2.45, 2.75) is 36.2 Å². The molecule has 1 fully saturated rings. The molecule has 0 aliphatic carbocycles. The molecule has 0 unspecified atom stereocenters. The lowest BCUT2D eigenvalue weighted by Gasteiger charge is -2.26. The molecule has 8 heteroatoms. The molecule has 1 aliphatic rings. The summed E-state index contributed by atoms with van der Waals surface area (Å²) in [7, 11) is -3.53. The van der Waals surface area contributed by atoms with Crippen molar-refractivity contribution in [2.75, 3.05) is 26.3 Å². The first-order valence-corrected chi connectivity index (χ1v) is 12.2. The van der Waals surface area contributed by atoms with Crippen LogP contribution in [0.2, 0.25) is 0 Å². The van der Waals surface area contributed by atoms with E-state index in [1.807, 2.05) is 12.1 Å². The van der Waals surface area contributed by atoms with Crippen molar-refractivity contribution in [3.05, 3.63) is 53.6 Å². The summed E-state index contributed by atoms with van der Waals surface area (Å²) in [5.41, 5.74) is 4.22. The van der Waals surface area contributed by atoms with Crippen LogP contribution in [0.1, 0.15) is 18.1 Å². The maximum atomic E-state index is 13.0. The fourth-order valence-corrected chi connectivity index (χ4v) is 6.10. The Hall–Kier alpha value is -1.87. The highest BCUT2D eigenvalue weighted by molar-refractivity contribution is 7.98. The summed E-state index contributed by atoms with van der Waals surface area (Å²) >= 11 is 1.68. The minimum absolute atomic E-state index is 0.295. The summed E-state index contributed by atoms with van der Waals surface area (Å²) in [6, 6.07) is 13.6. The summed E-state index contributed by atoms with van der Waals surface area (Å²) in [6.07, 6.45) is 0. The molecular weight excluding hydrogens is 406 g/mol. The lowest BCUT2D eigenvalue weighted by Crippen LogP contribution is -2.40. The van der Waals surface area contributed by atoms with Crippen molar-refractivity contribution in [1.82, 2.24) is 13.9 Å². The zero-order chi connectivity index (χ0) is 20.4. The lowest BCUT2D eigenvalue weighted by atomic mass is 10.1. The zero-order valence-corrected chi connectivity index (χ0v) is 18.3. The fourth-order valence-electron chi connectivity index (χ4n) is 3.51. The van der Waals surface area contributed by atoms with Gasteiger partial charge in [0.1, 0.15) is 0 Å². The number of rotatable bonds is 6. The minimum Gasteiger partial charge on any atom is -0.379 e. The second kappa shape index (κ2) is 8.47. The largest absolute Gasteiger partial charge is 0.379 e. The Morgan fingerprint density at radius 2 is 1.90 bits per heavy atom. The van der Waals surface area contributed by atoms with Gasteiger partial charge < -0.3 is 9.30 Å². The Labute approximate surface area is 175 Å². The number of aryl methyl sites for hydroxylation is 2. The Balaban J connectivity index is 1.64. The number of thioether (sulfide) groups is 1. The Morgan fingerprint density at radius 1 is 1.14 bits per heavy atom. The van der Waals surface area contributed by atoms with Crippen LogP contribution in [0.4, 0.5) is 0 Å². The molecule has 0 spiro atoms.